The zero-order valence-corrected chi connectivity index (χ0v) is 15.8. The molecule has 3 aromatic rings. The second-order valence-electron chi connectivity index (χ2n) is 5.74. The molecule has 1 atom stereocenters. The van der Waals surface area contributed by atoms with Gasteiger partial charge in [-0.1, -0.05) is 60.3 Å². The maximum atomic E-state index is 13.1. The van der Waals surface area contributed by atoms with Gasteiger partial charge in [-0.15, -0.1) is 10.2 Å². The largest absolute Gasteiger partial charge is 0.342 e. The first-order valence-corrected chi connectivity index (χ1v) is 9.58. The first-order chi connectivity index (χ1) is 12.7. The van der Waals surface area contributed by atoms with Crippen LogP contribution in [0, 0.1) is 0 Å². The summed E-state index contributed by atoms with van der Waals surface area (Å²) in [6.45, 7) is 5.37. The first kappa shape index (κ1) is 18.2. The molecule has 0 saturated heterocycles. The number of carbonyl (C=O) groups excluding carboxylic acids is 1. The highest BCUT2D eigenvalue weighted by atomic mass is 32.2. The molecule has 1 heterocycles. The number of nitrogens with zero attached hydrogens (tertiary/aromatic N) is 4. The van der Waals surface area contributed by atoms with Gasteiger partial charge in [0.15, 0.2) is 5.16 Å². The molecule has 5 nitrogen and oxygen atoms in total. The van der Waals surface area contributed by atoms with Crippen LogP contribution in [0.15, 0.2) is 72.1 Å². The SMILES string of the molecule is CCN(CC)C(=O)[C@@H](Sc1nncn1-c1ccccc1)c1ccccc1. The van der Waals surface area contributed by atoms with Crippen molar-refractivity contribution in [3.8, 4) is 5.69 Å². The lowest BCUT2D eigenvalue weighted by molar-refractivity contribution is -0.130. The summed E-state index contributed by atoms with van der Waals surface area (Å²) in [5.74, 6) is 0.0915. The molecule has 1 aromatic heterocycles. The van der Waals surface area contributed by atoms with E-state index in [0.29, 0.717) is 18.2 Å². The van der Waals surface area contributed by atoms with Crippen LogP contribution >= 0.6 is 11.8 Å². The summed E-state index contributed by atoms with van der Waals surface area (Å²) >= 11 is 1.44. The Morgan fingerprint density at radius 1 is 1.04 bits per heavy atom. The monoisotopic (exact) mass is 366 g/mol. The number of rotatable bonds is 7. The van der Waals surface area contributed by atoms with E-state index in [-0.39, 0.29) is 11.2 Å². The minimum absolute atomic E-state index is 0.0915. The number of amides is 1. The van der Waals surface area contributed by atoms with Crippen molar-refractivity contribution in [2.45, 2.75) is 24.3 Å². The van der Waals surface area contributed by atoms with Crippen molar-refractivity contribution in [2.24, 2.45) is 0 Å². The van der Waals surface area contributed by atoms with Gasteiger partial charge >= 0.3 is 0 Å². The van der Waals surface area contributed by atoms with Crippen LogP contribution in [0.5, 0.6) is 0 Å². The number of thioether (sulfide) groups is 1. The smallest absolute Gasteiger partial charge is 0.240 e. The van der Waals surface area contributed by atoms with E-state index in [4.69, 9.17) is 0 Å². The summed E-state index contributed by atoms with van der Waals surface area (Å²) in [4.78, 5) is 15.0. The van der Waals surface area contributed by atoms with Gasteiger partial charge < -0.3 is 4.90 Å². The number of likely N-dealkylation sites (N-methyl/N-ethyl adjacent to an activating group) is 1. The normalized spacial score (nSPS) is 11.9. The Kier molecular flexibility index (Phi) is 6.07. The predicted octanol–water partition coefficient (Wildman–Crippen LogP) is 3.97. The number of aromatic nitrogens is 3. The Morgan fingerprint density at radius 3 is 2.27 bits per heavy atom. The molecule has 0 saturated carbocycles. The minimum Gasteiger partial charge on any atom is -0.342 e. The van der Waals surface area contributed by atoms with Crippen LogP contribution in [0.25, 0.3) is 5.69 Å². The fraction of sp³-hybridized carbons (Fsp3) is 0.250. The third kappa shape index (κ3) is 3.96. The topological polar surface area (TPSA) is 51.0 Å². The molecule has 2 aromatic carbocycles. The number of carbonyl (C=O) groups is 1. The Labute approximate surface area is 158 Å². The van der Waals surface area contributed by atoms with Gasteiger partial charge in [-0.3, -0.25) is 9.36 Å². The van der Waals surface area contributed by atoms with Gasteiger partial charge in [0.25, 0.3) is 0 Å². The van der Waals surface area contributed by atoms with Gasteiger partial charge in [0, 0.05) is 18.8 Å². The summed E-state index contributed by atoms with van der Waals surface area (Å²) in [5, 5.41) is 8.65. The summed E-state index contributed by atoms with van der Waals surface area (Å²) in [7, 11) is 0. The number of hydrogen-bond acceptors (Lipinski definition) is 4. The van der Waals surface area contributed by atoms with Gasteiger partial charge in [0.1, 0.15) is 11.6 Å². The van der Waals surface area contributed by atoms with E-state index in [2.05, 4.69) is 10.2 Å². The Morgan fingerprint density at radius 2 is 1.65 bits per heavy atom. The van der Waals surface area contributed by atoms with Crippen LogP contribution in [0.2, 0.25) is 0 Å². The van der Waals surface area contributed by atoms with Crippen molar-refractivity contribution < 1.29 is 4.79 Å². The van der Waals surface area contributed by atoms with Gasteiger partial charge in [-0.05, 0) is 31.5 Å². The lowest BCUT2D eigenvalue weighted by Gasteiger charge is -2.25. The van der Waals surface area contributed by atoms with E-state index in [1.54, 1.807) is 6.33 Å². The molecular weight excluding hydrogens is 344 g/mol. The van der Waals surface area contributed by atoms with E-state index < -0.39 is 0 Å². The number of benzene rings is 2. The molecule has 0 aliphatic carbocycles. The number of hydrogen-bond donors (Lipinski definition) is 0. The third-order valence-corrected chi connectivity index (χ3v) is 5.37. The molecule has 0 aliphatic rings. The summed E-state index contributed by atoms with van der Waals surface area (Å²) in [5.41, 5.74) is 1.94. The standard InChI is InChI=1S/C20H22N4OS/c1-3-23(4-2)19(25)18(16-11-7-5-8-12-16)26-20-22-21-15-24(20)17-13-9-6-10-14-17/h5-15,18H,3-4H2,1-2H3/t18-/m0/s1. The maximum absolute atomic E-state index is 13.1. The van der Waals surface area contributed by atoms with Crippen LogP contribution in [0.3, 0.4) is 0 Å². The van der Waals surface area contributed by atoms with Crippen molar-refractivity contribution in [3.63, 3.8) is 0 Å². The zero-order valence-electron chi connectivity index (χ0n) is 14.9. The molecule has 0 radical (unpaired) electrons. The molecule has 0 N–H and O–H groups in total. The lowest BCUT2D eigenvalue weighted by atomic mass is 10.1. The summed E-state index contributed by atoms with van der Waals surface area (Å²) < 4.78 is 1.91. The van der Waals surface area contributed by atoms with E-state index in [0.717, 1.165) is 11.3 Å². The van der Waals surface area contributed by atoms with Crippen LogP contribution < -0.4 is 0 Å². The summed E-state index contributed by atoms with van der Waals surface area (Å²) in [6, 6.07) is 19.8. The minimum atomic E-state index is -0.359. The van der Waals surface area contributed by atoms with Crippen LogP contribution in [-0.4, -0.2) is 38.7 Å². The molecular formula is C20H22N4OS. The zero-order chi connectivity index (χ0) is 18.4. The van der Waals surface area contributed by atoms with Gasteiger partial charge in [-0.2, -0.15) is 0 Å². The van der Waals surface area contributed by atoms with Crippen molar-refractivity contribution in [2.75, 3.05) is 13.1 Å². The molecule has 0 unspecified atom stereocenters. The second-order valence-corrected chi connectivity index (χ2v) is 6.81. The molecule has 26 heavy (non-hydrogen) atoms. The van der Waals surface area contributed by atoms with Crippen molar-refractivity contribution in [3.05, 3.63) is 72.6 Å². The van der Waals surface area contributed by atoms with Crippen LogP contribution in [0.1, 0.15) is 24.7 Å². The van der Waals surface area contributed by atoms with Crippen molar-refractivity contribution >= 4 is 17.7 Å². The van der Waals surface area contributed by atoms with Gasteiger partial charge in [0.2, 0.25) is 5.91 Å². The van der Waals surface area contributed by atoms with E-state index >= 15 is 0 Å². The van der Waals surface area contributed by atoms with E-state index in [1.807, 2.05) is 84.0 Å². The van der Waals surface area contributed by atoms with Crippen molar-refractivity contribution in [1.82, 2.24) is 19.7 Å². The Hall–Kier alpha value is -2.60. The number of para-hydroxylation sites is 1. The predicted molar refractivity (Wildman–Crippen MR) is 104 cm³/mol. The molecule has 1 amide bonds. The molecule has 0 spiro atoms. The fourth-order valence-electron chi connectivity index (χ4n) is 2.77. The van der Waals surface area contributed by atoms with Crippen LogP contribution in [0.4, 0.5) is 0 Å². The first-order valence-electron chi connectivity index (χ1n) is 8.70. The third-order valence-electron chi connectivity index (χ3n) is 4.18. The molecule has 0 bridgehead atoms. The van der Waals surface area contributed by atoms with Gasteiger partial charge in [-0.25, -0.2) is 0 Å². The molecule has 0 fully saturated rings. The fourth-order valence-corrected chi connectivity index (χ4v) is 3.88. The maximum Gasteiger partial charge on any atom is 0.240 e. The molecule has 6 heteroatoms. The summed E-state index contributed by atoms with van der Waals surface area (Å²) in [6.07, 6.45) is 1.68. The van der Waals surface area contributed by atoms with Gasteiger partial charge in [0.05, 0.1) is 0 Å². The highest BCUT2D eigenvalue weighted by molar-refractivity contribution is 8.00. The highest BCUT2D eigenvalue weighted by Gasteiger charge is 2.27. The quantitative estimate of drug-likeness (QED) is 0.594. The average Bonchev–Trinajstić information content (AvgIpc) is 3.16. The van der Waals surface area contributed by atoms with Crippen LogP contribution in [-0.2, 0) is 4.79 Å². The van der Waals surface area contributed by atoms with Crippen molar-refractivity contribution in [1.29, 1.82) is 0 Å². The molecule has 134 valence electrons. The molecule has 3 rings (SSSR count). The Balaban J connectivity index is 1.95. The van der Waals surface area contributed by atoms with E-state index in [1.165, 1.54) is 11.8 Å². The van der Waals surface area contributed by atoms with E-state index in [9.17, 15) is 4.79 Å². The molecule has 0 aliphatic heterocycles. The second kappa shape index (κ2) is 8.67. The Bertz CT molecular complexity index is 831. The average molecular weight is 366 g/mol. The lowest BCUT2D eigenvalue weighted by Crippen LogP contribution is -2.34. The highest BCUT2D eigenvalue weighted by Crippen LogP contribution is 2.36.